The Hall–Kier alpha value is -3.15. The predicted octanol–water partition coefficient (Wildman–Crippen LogP) is 3.18. The van der Waals surface area contributed by atoms with Crippen LogP contribution in [0, 0.1) is 5.82 Å². The molecule has 0 aliphatic rings. The zero-order valence-electron chi connectivity index (χ0n) is 14.7. The van der Waals surface area contributed by atoms with Crippen LogP contribution in [0.1, 0.15) is 15.9 Å². The summed E-state index contributed by atoms with van der Waals surface area (Å²) in [6.45, 7) is 0.481. The van der Waals surface area contributed by atoms with Gasteiger partial charge in [-0.15, -0.1) is 0 Å². The molecule has 0 aliphatic heterocycles. The van der Waals surface area contributed by atoms with Crippen LogP contribution in [-0.2, 0) is 20.5 Å². The van der Waals surface area contributed by atoms with E-state index in [1.165, 1.54) is 6.07 Å². The summed E-state index contributed by atoms with van der Waals surface area (Å²) in [6, 6.07) is 10.3. The van der Waals surface area contributed by atoms with Gasteiger partial charge in [0.2, 0.25) is 0 Å². The fourth-order valence-electron chi connectivity index (χ4n) is 3.34. The van der Waals surface area contributed by atoms with Gasteiger partial charge in [0.25, 0.3) is 5.91 Å². The van der Waals surface area contributed by atoms with Crippen molar-refractivity contribution in [2.24, 2.45) is 14.1 Å². The van der Waals surface area contributed by atoms with Crippen LogP contribution in [0.5, 0.6) is 0 Å². The standard InChI is InChI=1S/C20H19FN4O/c1-24-11-14(16-10-15(21)4-6-18(16)24)7-8-22-20(26)13-3-5-19-17(9-13)23-12-25(19)2/h3-6,9-12H,7-8H2,1-2H3,(H,22,26). The number of carbonyl (C=O) groups excluding carboxylic acids is 1. The highest BCUT2D eigenvalue weighted by atomic mass is 19.1. The first-order valence-corrected chi connectivity index (χ1v) is 8.45. The van der Waals surface area contributed by atoms with Crippen molar-refractivity contribution in [1.29, 1.82) is 0 Å². The molecule has 1 amide bonds. The SMILES string of the molecule is Cn1cnc2cc(C(=O)NCCc3cn(C)c4ccc(F)cc34)ccc21. The van der Waals surface area contributed by atoms with Gasteiger partial charge in [-0.05, 0) is 48.4 Å². The second-order valence-electron chi connectivity index (χ2n) is 6.49. The zero-order valence-corrected chi connectivity index (χ0v) is 14.7. The maximum Gasteiger partial charge on any atom is 0.251 e. The van der Waals surface area contributed by atoms with Crippen LogP contribution >= 0.6 is 0 Å². The molecule has 0 atom stereocenters. The van der Waals surface area contributed by atoms with Crippen LogP contribution in [0.15, 0.2) is 48.9 Å². The predicted molar refractivity (Wildman–Crippen MR) is 99.6 cm³/mol. The van der Waals surface area contributed by atoms with Crippen LogP contribution in [0.4, 0.5) is 4.39 Å². The molecule has 6 heteroatoms. The summed E-state index contributed by atoms with van der Waals surface area (Å²) in [5.41, 5.74) is 4.36. The molecule has 0 radical (unpaired) electrons. The van der Waals surface area contributed by atoms with E-state index >= 15 is 0 Å². The van der Waals surface area contributed by atoms with Gasteiger partial charge < -0.3 is 14.5 Å². The highest BCUT2D eigenvalue weighted by Crippen LogP contribution is 2.22. The number of carbonyl (C=O) groups is 1. The molecule has 0 unspecified atom stereocenters. The number of fused-ring (bicyclic) bond motifs is 2. The van der Waals surface area contributed by atoms with E-state index in [0.717, 1.165) is 27.5 Å². The van der Waals surface area contributed by atoms with E-state index in [0.29, 0.717) is 18.5 Å². The van der Waals surface area contributed by atoms with Gasteiger partial charge in [-0.1, -0.05) is 0 Å². The molecule has 2 aromatic carbocycles. The number of nitrogens with zero attached hydrogens (tertiary/aromatic N) is 3. The van der Waals surface area contributed by atoms with E-state index in [9.17, 15) is 9.18 Å². The van der Waals surface area contributed by atoms with Gasteiger partial charge >= 0.3 is 0 Å². The third-order valence-corrected chi connectivity index (χ3v) is 4.70. The third kappa shape index (κ3) is 2.83. The van der Waals surface area contributed by atoms with Crippen LogP contribution < -0.4 is 5.32 Å². The van der Waals surface area contributed by atoms with Crippen molar-refractivity contribution in [3.63, 3.8) is 0 Å². The molecule has 4 rings (SSSR count). The molecular weight excluding hydrogens is 331 g/mol. The summed E-state index contributed by atoms with van der Waals surface area (Å²) in [5, 5.41) is 3.82. The Morgan fingerprint density at radius 2 is 1.92 bits per heavy atom. The van der Waals surface area contributed by atoms with Gasteiger partial charge in [-0.2, -0.15) is 0 Å². The number of aromatic nitrogens is 3. The number of hydrogen-bond acceptors (Lipinski definition) is 2. The lowest BCUT2D eigenvalue weighted by atomic mass is 10.1. The van der Waals surface area contributed by atoms with E-state index < -0.39 is 0 Å². The van der Waals surface area contributed by atoms with Crippen molar-refractivity contribution in [2.75, 3.05) is 6.54 Å². The van der Waals surface area contributed by atoms with Crippen molar-refractivity contribution >= 4 is 27.8 Å². The lowest BCUT2D eigenvalue weighted by Crippen LogP contribution is -2.25. The van der Waals surface area contributed by atoms with Crippen molar-refractivity contribution in [1.82, 2.24) is 19.4 Å². The minimum atomic E-state index is -0.252. The van der Waals surface area contributed by atoms with Crippen molar-refractivity contribution < 1.29 is 9.18 Å². The monoisotopic (exact) mass is 350 g/mol. The van der Waals surface area contributed by atoms with Gasteiger partial charge in [0.15, 0.2) is 0 Å². The normalized spacial score (nSPS) is 11.3. The minimum Gasteiger partial charge on any atom is -0.352 e. The lowest BCUT2D eigenvalue weighted by Gasteiger charge is -2.05. The second-order valence-corrected chi connectivity index (χ2v) is 6.49. The Balaban J connectivity index is 1.47. The number of rotatable bonds is 4. The molecule has 132 valence electrons. The van der Waals surface area contributed by atoms with Crippen molar-refractivity contribution in [2.45, 2.75) is 6.42 Å². The maximum absolute atomic E-state index is 13.5. The molecule has 2 heterocycles. The van der Waals surface area contributed by atoms with Crippen LogP contribution in [0.3, 0.4) is 0 Å². The van der Waals surface area contributed by atoms with E-state index in [-0.39, 0.29) is 11.7 Å². The summed E-state index contributed by atoms with van der Waals surface area (Å²) in [6.07, 6.45) is 4.35. The molecule has 0 bridgehead atoms. The molecule has 2 aromatic heterocycles. The Morgan fingerprint density at radius 1 is 1.12 bits per heavy atom. The van der Waals surface area contributed by atoms with Gasteiger partial charge in [-0.25, -0.2) is 9.37 Å². The molecule has 26 heavy (non-hydrogen) atoms. The molecule has 0 spiro atoms. The van der Waals surface area contributed by atoms with E-state index in [1.807, 2.05) is 35.5 Å². The zero-order chi connectivity index (χ0) is 18.3. The number of aryl methyl sites for hydroxylation is 2. The fraction of sp³-hybridized carbons (Fsp3) is 0.200. The Kier molecular flexibility index (Phi) is 3.95. The van der Waals surface area contributed by atoms with Crippen molar-refractivity contribution in [3.8, 4) is 0 Å². The first-order valence-electron chi connectivity index (χ1n) is 8.45. The Bertz CT molecular complexity index is 1130. The molecule has 0 saturated carbocycles. The lowest BCUT2D eigenvalue weighted by molar-refractivity contribution is 0.0954. The van der Waals surface area contributed by atoms with Gasteiger partial charge in [-0.3, -0.25) is 4.79 Å². The summed E-state index contributed by atoms with van der Waals surface area (Å²) in [7, 11) is 3.85. The van der Waals surface area contributed by atoms with Crippen LogP contribution in [0.2, 0.25) is 0 Å². The number of halogens is 1. The average Bonchev–Trinajstić information content (AvgIpc) is 3.15. The molecule has 0 fully saturated rings. The molecule has 0 saturated heterocycles. The summed E-state index contributed by atoms with van der Waals surface area (Å²) < 4.78 is 17.4. The van der Waals surface area contributed by atoms with Crippen LogP contribution in [-0.4, -0.2) is 26.6 Å². The quantitative estimate of drug-likeness (QED) is 0.615. The highest BCUT2D eigenvalue weighted by molar-refractivity contribution is 5.97. The third-order valence-electron chi connectivity index (χ3n) is 4.70. The Labute approximate surface area is 150 Å². The second kappa shape index (κ2) is 6.29. The number of benzene rings is 2. The van der Waals surface area contributed by atoms with Crippen LogP contribution in [0.25, 0.3) is 21.9 Å². The van der Waals surface area contributed by atoms with E-state index in [4.69, 9.17) is 0 Å². The first kappa shape index (κ1) is 16.3. The van der Waals surface area contributed by atoms with Gasteiger partial charge in [0.1, 0.15) is 5.82 Å². The van der Waals surface area contributed by atoms with Crippen molar-refractivity contribution in [3.05, 3.63) is 65.9 Å². The average molecular weight is 350 g/mol. The number of imidazole rings is 1. The Morgan fingerprint density at radius 3 is 2.77 bits per heavy atom. The summed E-state index contributed by atoms with van der Waals surface area (Å²) >= 11 is 0. The van der Waals surface area contributed by atoms with Gasteiger partial charge in [0.05, 0.1) is 17.4 Å². The van der Waals surface area contributed by atoms with E-state index in [1.54, 1.807) is 30.6 Å². The molecule has 0 aliphatic carbocycles. The van der Waals surface area contributed by atoms with Gasteiger partial charge in [0, 0.05) is 43.3 Å². The smallest absolute Gasteiger partial charge is 0.251 e. The minimum absolute atomic E-state index is 0.135. The summed E-state index contributed by atoms with van der Waals surface area (Å²) in [4.78, 5) is 16.7. The number of hydrogen-bond donors (Lipinski definition) is 1. The first-order chi connectivity index (χ1) is 12.5. The number of nitrogens with one attached hydrogen (secondary N) is 1. The fourth-order valence-corrected chi connectivity index (χ4v) is 3.34. The topological polar surface area (TPSA) is 51.9 Å². The van der Waals surface area contributed by atoms with E-state index in [2.05, 4.69) is 10.3 Å². The molecule has 5 nitrogen and oxygen atoms in total. The molecular formula is C20H19FN4O. The number of amides is 1. The summed E-state index contributed by atoms with van der Waals surface area (Å²) in [5.74, 6) is -0.387. The molecule has 1 N–H and O–H groups in total. The molecule has 4 aromatic rings. The largest absolute Gasteiger partial charge is 0.352 e. The highest BCUT2D eigenvalue weighted by Gasteiger charge is 2.10. The maximum atomic E-state index is 13.5.